The topological polar surface area (TPSA) is 91.5 Å². The largest absolute Gasteiger partial charge is 0.462 e. The number of thiazole rings is 1. The van der Waals surface area contributed by atoms with Crippen molar-refractivity contribution in [1.29, 1.82) is 0 Å². The van der Waals surface area contributed by atoms with Gasteiger partial charge in [0, 0.05) is 0 Å². The third-order valence-corrected chi connectivity index (χ3v) is 3.25. The number of anilines is 1. The predicted octanol–water partition coefficient (Wildman–Crippen LogP) is 3.04. The third kappa shape index (κ3) is 4.84. The predicted molar refractivity (Wildman–Crippen MR) is 86.6 cm³/mol. The Morgan fingerprint density at radius 1 is 1.32 bits per heavy atom. The van der Waals surface area contributed by atoms with Crippen molar-refractivity contribution in [3.8, 4) is 0 Å². The van der Waals surface area contributed by atoms with Gasteiger partial charge in [-0.1, -0.05) is 24.3 Å². The maximum Gasteiger partial charge on any atom is 0.368 e. The number of esters is 2. The van der Waals surface area contributed by atoms with E-state index >= 15 is 0 Å². The molecule has 0 spiro atoms. The summed E-state index contributed by atoms with van der Waals surface area (Å²) >= 11 is 0.996. The zero-order valence-electron chi connectivity index (χ0n) is 13.6. The molecule has 0 aromatic carbocycles. The first-order chi connectivity index (χ1) is 10.2. The number of allylic oxidation sites excluding steroid dienone is 1. The van der Waals surface area contributed by atoms with Gasteiger partial charge in [-0.15, -0.1) is 0 Å². The van der Waals surface area contributed by atoms with Crippen LogP contribution in [0.4, 0.5) is 5.00 Å². The quantitative estimate of drug-likeness (QED) is 0.660. The van der Waals surface area contributed by atoms with E-state index in [1.165, 1.54) is 0 Å². The second kappa shape index (κ2) is 7.40. The molecule has 0 aliphatic heterocycles. The van der Waals surface area contributed by atoms with Crippen LogP contribution in [-0.4, -0.2) is 29.1 Å². The van der Waals surface area contributed by atoms with E-state index < -0.39 is 17.5 Å². The molecule has 7 heteroatoms. The van der Waals surface area contributed by atoms with Gasteiger partial charge in [0.25, 0.3) is 0 Å². The number of nitrogens with zero attached hydrogens (tertiary/aromatic N) is 1. The molecule has 0 atom stereocenters. The Hall–Kier alpha value is -1.89. The maximum atomic E-state index is 12.0. The van der Waals surface area contributed by atoms with Crippen LogP contribution in [0.2, 0.25) is 0 Å². The van der Waals surface area contributed by atoms with Crippen LogP contribution in [0.1, 0.15) is 56.5 Å². The van der Waals surface area contributed by atoms with Crippen molar-refractivity contribution in [3.63, 3.8) is 0 Å². The van der Waals surface area contributed by atoms with Gasteiger partial charge in [-0.25, -0.2) is 14.6 Å². The SMILES string of the molecule is CCC=C(C(=O)OCC)c1nc(C(=O)OC(C)(C)C)sc1N. The maximum absolute atomic E-state index is 12.0. The molecule has 0 unspecified atom stereocenters. The first-order valence-corrected chi connectivity index (χ1v) is 7.88. The molecule has 0 saturated carbocycles. The second-order valence-corrected chi connectivity index (χ2v) is 6.51. The summed E-state index contributed by atoms with van der Waals surface area (Å²) in [7, 11) is 0. The summed E-state index contributed by atoms with van der Waals surface area (Å²) in [4.78, 5) is 28.2. The van der Waals surface area contributed by atoms with E-state index in [4.69, 9.17) is 15.2 Å². The fraction of sp³-hybridized carbons (Fsp3) is 0.533. The van der Waals surface area contributed by atoms with Gasteiger partial charge in [-0.05, 0) is 34.1 Å². The first kappa shape index (κ1) is 18.2. The van der Waals surface area contributed by atoms with Gasteiger partial charge in [0.15, 0.2) is 0 Å². The standard InChI is InChI=1S/C15H22N2O4S/c1-6-8-9(13(18)20-7-2)10-11(16)22-12(17-10)14(19)21-15(3,4)5/h8H,6-7,16H2,1-5H3. The van der Waals surface area contributed by atoms with Crippen LogP contribution in [0.15, 0.2) is 6.08 Å². The lowest BCUT2D eigenvalue weighted by Crippen LogP contribution is -2.23. The molecule has 0 radical (unpaired) electrons. The fourth-order valence-corrected chi connectivity index (χ4v) is 2.35. The molecule has 0 aliphatic carbocycles. The Balaban J connectivity index is 3.13. The van der Waals surface area contributed by atoms with E-state index in [9.17, 15) is 9.59 Å². The Kier molecular flexibility index (Phi) is 6.11. The summed E-state index contributed by atoms with van der Waals surface area (Å²) < 4.78 is 10.3. The highest BCUT2D eigenvalue weighted by atomic mass is 32.1. The lowest BCUT2D eigenvalue weighted by atomic mass is 10.1. The lowest BCUT2D eigenvalue weighted by molar-refractivity contribution is -0.136. The molecule has 1 aromatic heterocycles. The molecule has 0 aliphatic rings. The van der Waals surface area contributed by atoms with Crippen molar-refractivity contribution in [1.82, 2.24) is 4.98 Å². The minimum Gasteiger partial charge on any atom is -0.462 e. The van der Waals surface area contributed by atoms with Crippen LogP contribution in [0.25, 0.3) is 5.57 Å². The number of aromatic nitrogens is 1. The van der Waals surface area contributed by atoms with Crippen LogP contribution < -0.4 is 5.73 Å². The van der Waals surface area contributed by atoms with Gasteiger partial charge in [0.05, 0.1) is 12.2 Å². The van der Waals surface area contributed by atoms with Gasteiger partial charge in [-0.3, -0.25) is 0 Å². The summed E-state index contributed by atoms with van der Waals surface area (Å²) in [5, 5.41) is 0.405. The normalized spacial score (nSPS) is 12.1. The fourth-order valence-electron chi connectivity index (χ4n) is 1.62. The molecule has 1 heterocycles. The summed E-state index contributed by atoms with van der Waals surface area (Å²) in [6.07, 6.45) is 2.30. The zero-order valence-corrected chi connectivity index (χ0v) is 14.4. The molecule has 2 N–H and O–H groups in total. The van der Waals surface area contributed by atoms with E-state index in [1.54, 1.807) is 33.8 Å². The van der Waals surface area contributed by atoms with Crippen molar-refractivity contribution in [3.05, 3.63) is 16.8 Å². The summed E-state index contributed by atoms with van der Waals surface area (Å²) in [6, 6.07) is 0. The summed E-state index contributed by atoms with van der Waals surface area (Å²) in [6.45, 7) is 9.16. The van der Waals surface area contributed by atoms with E-state index in [0.717, 1.165) is 11.3 Å². The molecule has 0 saturated heterocycles. The summed E-state index contributed by atoms with van der Waals surface area (Å²) in [5.74, 6) is -1.06. The van der Waals surface area contributed by atoms with Gasteiger partial charge < -0.3 is 15.2 Å². The molecule has 0 amide bonds. The van der Waals surface area contributed by atoms with Gasteiger partial charge in [0.2, 0.25) is 5.01 Å². The Labute approximate surface area is 134 Å². The molecule has 6 nitrogen and oxygen atoms in total. The highest BCUT2D eigenvalue weighted by molar-refractivity contribution is 7.17. The number of ether oxygens (including phenoxy) is 2. The molecule has 0 fully saturated rings. The highest BCUT2D eigenvalue weighted by Crippen LogP contribution is 2.29. The van der Waals surface area contributed by atoms with Crippen molar-refractivity contribution in [2.24, 2.45) is 0 Å². The van der Waals surface area contributed by atoms with Gasteiger partial charge in [0.1, 0.15) is 16.3 Å². The monoisotopic (exact) mass is 326 g/mol. The number of hydrogen-bond acceptors (Lipinski definition) is 7. The second-order valence-electron chi connectivity index (χ2n) is 5.48. The number of rotatable bonds is 5. The average molecular weight is 326 g/mol. The Morgan fingerprint density at radius 2 is 1.95 bits per heavy atom. The molecular weight excluding hydrogens is 304 g/mol. The number of nitrogens with two attached hydrogens (primary N) is 1. The molecule has 0 bridgehead atoms. The van der Waals surface area contributed by atoms with Crippen molar-refractivity contribution in [2.75, 3.05) is 12.3 Å². The van der Waals surface area contributed by atoms with Crippen molar-refractivity contribution < 1.29 is 19.1 Å². The molecule has 1 aromatic rings. The van der Waals surface area contributed by atoms with Crippen molar-refractivity contribution in [2.45, 2.75) is 46.6 Å². The van der Waals surface area contributed by atoms with E-state index in [2.05, 4.69) is 4.98 Å². The van der Waals surface area contributed by atoms with E-state index in [1.807, 2.05) is 6.92 Å². The van der Waals surface area contributed by atoms with Gasteiger partial charge in [-0.2, -0.15) is 0 Å². The van der Waals surface area contributed by atoms with E-state index in [0.29, 0.717) is 6.42 Å². The smallest absolute Gasteiger partial charge is 0.368 e. The first-order valence-electron chi connectivity index (χ1n) is 7.06. The molecule has 1 rings (SSSR count). The van der Waals surface area contributed by atoms with Crippen molar-refractivity contribution >= 4 is 33.8 Å². The molecular formula is C15H22N2O4S. The van der Waals surface area contributed by atoms with Crippen LogP contribution in [0.5, 0.6) is 0 Å². The number of hydrogen-bond donors (Lipinski definition) is 1. The Bertz CT molecular complexity index is 585. The minimum absolute atomic E-state index is 0.119. The lowest BCUT2D eigenvalue weighted by Gasteiger charge is -2.18. The molecule has 122 valence electrons. The Morgan fingerprint density at radius 3 is 2.45 bits per heavy atom. The van der Waals surface area contributed by atoms with Crippen LogP contribution in [0, 0.1) is 0 Å². The number of carbonyl (C=O) groups is 2. The molecule has 22 heavy (non-hydrogen) atoms. The third-order valence-electron chi connectivity index (χ3n) is 2.39. The average Bonchev–Trinajstić information content (AvgIpc) is 2.76. The summed E-state index contributed by atoms with van der Waals surface area (Å²) in [5.41, 5.74) is 5.82. The van der Waals surface area contributed by atoms with Crippen LogP contribution in [0.3, 0.4) is 0 Å². The minimum atomic E-state index is -0.624. The van der Waals surface area contributed by atoms with Crippen LogP contribution >= 0.6 is 11.3 Å². The van der Waals surface area contributed by atoms with E-state index in [-0.39, 0.29) is 27.9 Å². The zero-order chi connectivity index (χ0) is 16.9. The number of carbonyl (C=O) groups excluding carboxylic acids is 2. The van der Waals surface area contributed by atoms with Crippen LogP contribution in [-0.2, 0) is 14.3 Å². The number of nitrogen functional groups attached to an aromatic ring is 1. The van der Waals surface area contributed by atoms with Gasteiger partial charge >= 0.3 is 11.9 Å². The highest BCUT2D eigenvalue weighted by Gasteiger charge is 2.25.